The second kappa shape index (κ2) is 7.59. The summed E-state index contributed by atoms with van der Waals surface area (Å²) in [5, 5.41) is 0. The lowest BCUT2D eigenvalue weighted by molar-refractivity contribution is -0.141. The average molecular weight is 392 g/mol. The fraction of sp³-hybridized carbons (Fsp3) is 0.400. The van der Waals surface area contributed by atoms with Gasteiger partial charge in [-0.15, -0.1) is 0 Å². The van der Waals surface area contributed by atoms with Crippen molar-refractivity contribution in [2.24, 2.45) is 0 Å². The van der Waals surface area contributed by atoms with Gasteiger partial charge < -0.3 is 14.2 Å². The minimum absolute atomic E-state index is 0.0712. The van der Waals surface area contributed by atoms with Gasteiger partial charge in [-0.25, -0.2) is 0 Å². The van der Waals surface area contributed by atoms with Gasteiger partial charge >= 0.3 is 0 Å². The molecule has 0 spiro atoms. The summed E-state index contributed by atoms with van der Waals surface area (Å²) < 4.78 is 49.8. The molecule has 1 heterocycles. The van der Waals surface area contributed by atoms with E-state index in [4.69, 9.17) is 14.2 Å². The van der Waals surface area contributed by atoms with Crippen molar-refractivity contribution >= 4 is 10.1 Å². The summed E-state index contributed by atoms with van der Waals surface area (Å²) in [5.74, 6) is 0.0783. The number of hydrogen-bond donors (Lipinski definition) is 1. The Balaban J connectivity index is 1.72. The van der Waals surface area contributed by atoms with Crippen LogP contribution in [0.25, 0.3) is 0 Å². The van der Waals surface area contributed by atoms with Gasteiger partial charge in [-0.3, -0.25) is 4.55 Å². The molecule has 7 heteroatoms. The predicted molar refractivity (Wildman–Crippen MR) is 101 cm³/mol. The van der Waals surface area contributed by atoms with Crippen LogP contribution in [0, 0.1) is 6.92 Å². The van der Waals surface area contributed by atoms with Crippen LogP contribution in [0.15, 0.2) is 47.4 Å². The zero-order valence-electron chi connectivity index (χ0n) is 15.6. The van der Waals surface area contributed by atoms with Crippen molar-refractivity contribution in [2.45, 2.75) is 44.0 Å². The average Bonchev–Trinajstić information content (AvgIpc) is 2.91. The largest absolute Gasteiger partial charge is 0.491 e. The fourth-order valence-corrected chi connectivity index (χ4v) is 3.80. The van der Waals surface area contributed by atoms with Gasteiger partial charge in [-0.05, 0) is 56.5 Å². The summed E-state index contributed by atoms with van der Waals surface area (Å²) >= 11 is 0. The Kier molecular flexibility index (Phi) is 5.58. The van der Waals surface area contributed by atoms with E-state index in [9.17, 15) is 13.0 Å². The monoisotopic (exact) mass is 392 g/mol. The third-order valence-electron chi connectivity index (χ3n) is 4.29. The quantitative estimate of drug-likeness (QED) is 0.759. The highest BCUT2D eigenvalue weighted by Crippen LogP contribution is 2.25. The number of ether oxygens (including phenoxy) is 3. The Morgan fingerprint density at radius 3 is 2.67 bits per heavy atom. The standard InChI is InChI=1S/C20H24O6S/c1-14-7-8-19(27(21,22)23)16(9-14)10-15-5-4-6-17(11-15)24-12-18-13-25-20(2,3)26-18/h4-9,11,18H,10,12-13H2,1-3H3,(H,21,22,23). The van der Waals surface area contributed by atoms with Crippen molar-refractivity contribution < 1.29 is 27.2 Å². The molecule has 2 aromatic carbocycles. The van der Waals surface area contributed by atoms with Gasteiger partial charge in [0.15, 0.2) is 5.79 Å². The molecule has 0 aliphatic carbocycles. The summed E-state index contributed by atoms with van der Waals surface area (Å²) in [4.78, 5) is -0.0712. The molecule has 146 valence electrons. The molecule has 3 rings (SSSR count). The molecular weight excluding hydrogens is 368 g/mol. The Labute approximate surface area is 159 Å². The second-order valence-corrected chi connectivity index (χ2v) is 8.56. The SMILES string of the molecule is Cc1ccc(S(=O)(=O)O)c(Cc2cccc(OCC3COC(C)(C)O3)c2)c1. The lowest BCUT2D eigenvalue weighted by Gasteiger charge is -2.17. The molecule has 0 amide bonds. The van der Waals surface area contributed by atoms with Crippen LogP contribution in [0.1, 0.15) is 30.5 Å². The first-order chi connectivity index (χ1) is 12.6. The van der Waals surface area contributed by atoms with Crippen molar-refractivity contribution in [2.75, 3.05) is 13.2 Å². The molecule has 1 aliphatic heterocycles. The molecule has 1 atom stereocenters. The molecule has 0 bridgehead atoms. The maximum absolute atomic E-state index is 11.6. The normalized spacial score (nSPS) is 19.2. The van der Waals surface area contributed by atoms with Crippen molar-refractivity contribution in [1.82, 2.24) is 0 Å². The first-order valence-corrected chi connectivity index (χ1v) is 10.2. The van der Waals surface area contributed by atoms with E-state index in [0.29, 0.717) is 30.9 Å². The molecular formula is C20H24O6S. The van der Waals surface area contributed by atoms with Gasteiger partial charge in [0.25, 0.3) is 10.1 Å². The highest BCUT2D eigenvalue weighted by molar-refractivity contribution is 7.85. The molecule has 27 heavy (non-hydrogen) atoms. The summed E-state index contributed by atoms with van der Waals surface area (Å²) in [7, 11) is -4.27. The first kappa shape index (κ1) is 19.8. The van der Waals surface area contributed by atoms with Crippen molar-refractivity contribution in [3.8, 4) is 5.75 Å². The summed E-state index contributed by atoms with van der Waals surface area (Å²) in [5.41, 5.74) is 2.35. The number of rotatable bonds is 6. The molecule has 0 radical (unpaired) electrons. The first-order valence-electron chi connectivity index (χ1n) is 8.73. The molecule has 1 saturated heterocycles. The Morgan fingerprint density at radius 2 is 2.00 bits per heavy atom. The zero-order chi connectivity index (χ0) is 19.7. The van der Waals surface area contributed by atoms with E-state index < -0.39 is 15.9 Å². The summed E-state index contributed by atoms with van der Waals surface area (Å²) in [6.45, 7) is 6.45. The van der Waals surface area contributed by atoms with E-state index in [1.54, 1.807) is 12.1 Å². The highest BCUT2D eigenvalue weighted by atomic mass is 32.2. The smallest absolute Gasteiger partial charge is 0.294 e. The minimum atomic E-state index is -4.27. The third kappa shape index (κ3) is 5.29. The van der Waals surface area contributed by atoms with Crippen LogP contribution in [-0.4, -0.2) is 38.1 Å². The van der Waals surface area contributed by atoms with Crippen LogP contribution in [0.3, 0.4) is 0 Å². The van der Waals surface area contributed by atoms with Gasteiger partial charge in [-0.2, -0.15) is 8.42 Å². The maximum atomic E-state index is 11.6. The Bertz CT molecular complexity index is 920. The summed E-state index contributed by atoms with van der Waals surface area (Å²) in [6, 6.07) is 12.3. The molecule has 1 N–H and O–H groups in total. The second-order valence-electron chi connectivity index (χ2n) is 7.17. The third-order valence-corrected chi connectivity index (χ3v) is 5.24. The van der Waals surface area contributed by atoms with E-state index in [-0.39, 0.29) is 11.0 Å². The molecule has 6 nitrogen and oxygen atoms in total. The number of benzene rings is 2. The van der Waals surface area contributed by atoms with Crippen LogP contribution < -0.4 is 4.74 Å². The number of aryl methyl sites for hydroxylation is 1. The van der Waals surface area contributed by atoms with Crippen molar-refractivity contribution in [1.29, 1.82) is 0 Å². The lowest BCUT2D eigenvalue weighted by Crippen LogP contribution is -2.25. The van der Waals surface area contributed by atoms with Gasteiger partial charge in [-0.1, -0.05) is 29.8 Å². The summed E-state index contributed by atoms with van der Waals surface area (Å²) in [6.07, 6.45) is 0.232. The fourth-order valence-electron chi connectivity index (χ4n) is 3.10. The van der Waals surface area contributed by atoms with Crippen molar-refractivity contribution in [3.05, 3.63) is 59.2 Å². The van der Waals surface area contributed by atoms with Crippen LogP contribution in [-0.2, 0) is 26.0 Å². The lowest BCUT2D eigenvalue weighted by atomic mass is 10.0. The molecule has 2 aromatic rings. The van der Waals surface area contributed by atoms with Crippen LogP contribution >= 0.6 is 0 Å². The van der Waals surface area contributed by atoms with Gasteiger partial charge in [0.05, 0.1) is 11.5 Å². The Morgan fingerprint density at radius 1 is 1.22 bits per heavy atom. The minimum Gasteiger partial charge on any atom is -0.491 e. The molecule has 0 aromatic heterocycles. The Hall–Kier alpha value is -1.93. The number of hydrogen-bond acceptors (Lipinski definition) is 5. The topological polar surface area (TPSA) is 82.1 Å². The molecule has 1 unspecified atom stereocenters. The molecule has 0 saturated carbocycles. The molecule has 1 fully saturated rings. The van der Waals surface area contributed by atoms with Crippen LogP contribution in [0.4, 0.5) is 0 Å². The molecule has 1 aliphatic rings. The highest BCUT2D eigenvalue weighted by Gasteiger charge is 2.32. The zero-order valence-corrected chi connectivity index (χ0v) is 16.5. The van der Waals surface area contributed by atoms with Gasteiger partial charge in [0.2, 0.25) is 0 Å². The van der Waals surface area contributed by atoms with Crippen molar-refractivity contribution in [3.63, 3.8) is 0 Å². The van der Waals surface area contributed by atoms with Crippen LogP contribution in [0.2, 0.25) is 0 Å². The van der Waals surface area contributed by atoms with E-state index in [0.717, 1.165) is 11.1 Å². The van der Waals surface area contributed by atoms with E-state index >= 15 is 0 Å². The van der Waals surface area contributed by atoms with E-state index in [1.807, 2.05) is 45.0 Å². The van der Waals surface area contributed by atoms with E-state index in [1.165, 1.54) is 6.07 Å². The van der Waals surface area contributed by atoms with Crippen LogP contribution in [0.5, 0.6) is 5.75 Å². The van der Waals surface area contributed by atoms with Gasteiger partial charge in [0, 0.05) is 0 Å². The predicted octanol–water partition coefficient (Wildman–Crippen LogP) is 3.36. The maximum Gasteiger partial charge on any atom is 0.294 e. The van der Waals surface area contributed by atoms with E-state index in [2.05, 4.69) is 0 Å². The van der Waals surface area contributed by atoms with Gasteiger partial charge in [0.1, 0.15) is 18.5 Å².